The van der Waals surface area contributed by atoms with Crippen molar-refractivity contribution in [3.63, 3.8) is 0 Å². The molecule has 0 saturated heterocycles. The molecule has 0 aromatic heterocycles. The number of anilines is 1. The molecule has 0 unspecified atom stereocenters. The number of amides is 1. The van der Waals surface area contributed by atoms with Crippen LogP contribution < -0.4 is 14.8 Å². The van der Waals surface area contributed by atoms with Gasteiger partial charge in [0.1, 0.15) is 11.5 Å². The summed E-state index contributed by atoms with van der Waals surface area (Å²) in [6.07, 6.45) is 0. The number of carbonyl (C=O) groups is 1. The molecule has 0 atom stereocenters. The van der Waals surface area contributed by atoms with Crippen molar-refractivity contribution >= 4 is 11.6 Å². The van der Waals surface area contributed by atoms with Crippen LogP contribution in [0, 0.1) is 23.3 Å². The van der Waals surface area contributed by atoms with E-state index in [0.29, 0.717) is 5.75 Å². The van der Waals surface area contributed by atoms with Crippen LogP contribution in [0.25, 0.3) is 0 Å². The first-order valence-electron chi connectivity index (χ1n) is 6.25. The van der Waals surface area contributed by atoms with Gasteiger partial charge in [-0.2, -0.15) is 0 Å². The van der Waals surface area contributed by atoms with E-state index in [9.17, 15) is 22.4 Å². The van der Waals surface area contributed by atoms with Crippen LogP contribution in [0.2, 0.25) is 0 Å². The third-order valence-electron chi connectivity index (χ3n) is 3.00. The van der Waals surface area contributed by atoms with Gasteiger partial charge in [-0.1, -0.05) is 0 Å². The maximum Gasteiger partial charge on any atom is 0.258 e. The fourth-order valence-corrected chi connectivity index (χ4v) is 1.83. The number of halogens is 4. The molecule has 0 spiro atoms. The lowest BCUT2D eigenvalue weighted by molar-refractivity contribution is 0.102. The van der Waals surface area contributed by atoms with Gasteiger partial charge in [0.2, 0.25) is 0 Å². The summed E-state index contributed by atoms with van der Waals surface area (Å²) in [4.78, 5) is 12.0. The molecule has 1 amide bonds. The zero-order valence-corrected chi connectivity index (χ0v) is 12.0. The van der Waals surface area contributed by atoms with Crippen molar-refractivity contribution < 1.29 is 31.8 Å². The molecular weight excluding hydrogens is 318 g/mol. The van der Waals surface area contributed by atoms with Crippen LogP contribution in [0.1, 0.15) is 10.4 Å². The Bertz CT molecular complexity index is 765. The largest absolute Gasteiger partial charge is 0.497 e. The first kappa shape index (κ1) is 16.6. The van der Waals surface area contributed by atoms with E-state index in [1.807, 2.05) is 0 Å². The smallest absolute Gasteiger partial charge is 0.258 e. The topological polar surface area (TPSA) is 47.6 Å². The minimum atomic E-state index is -2.06. The average molecular weight is 329 g/mol. The van der Waals surface area contributed by atoms with Gasteiger partial charge in [-0.3, -0.25) is 4.79 Å². The van der Waals surface area contributed by atoms with Crippen molar-refractivity contribution in [1.29, 1.82) is 0 Å². The minimum absolute atomic E-state index is 0.114. The van der Waals surface area contributed by atoms with Gasteiger partial charge in [-0.15, -0.1) is 0 Å². The molecule has 0 fully saturated rings. The summed E-state index contributed by atoms with van der Waals surface area (Å²) in [7, 11) is 2.74. The highest BCUT2D eigenvalue weighted by atomic mass is 19.2. The lowest BCUT2D eigenvalue weighted by Crippen LogP contribution is -2.16. The molecule has 2 rings (SSSR count). The van der Waals surface area contributed by atoms with Crippen LogP contribution in [0.3, 0.4) is 0 Å². The second kappa shape index (κ2) is 6.55. The molecule has 2 aromatic carbocycles. The molecule has 0 aliphatic carbocycles. The number of benzene rings is 2. The molecule has 0 saturated carbocycles. The van der Waals surface area contributed by atoms with E-state index in [1.165, 1.54) is 32.4 Å². The SMILES string of the molecule is COc1ccc(NC(=O)c2cc(F)c(F)c(F)c2F)c(OC)c1. The predicted molar refractivity (Wildman–Crippen MR) is 73.8 cm³/mol. The highest BCUT2D eigenvalue weighted by Gasteiger charge is 2.23. The van der Waals surface area contributed by atoms with Gasteiger partial charge in [0.05, 0.1) is 25.5 Å². The van der Waals surface area contributed by atoms with Gasteiger partial charge in [-0.05, 0) is 18.2 Å². The van der Waals surface area contributed by atoms with Crippen molar-refractivity contribution in [2.24, 2.45) is 0 Å². The van der Waals surface area contributed by atoms with E-state index >= 15 is 0 Å². The van der Waals surface area contributed by atoms with E-state index in [0.717, 1.165) is 0 Å². The maximum absolute atomic E-state index is 13.6. The lowest BCUT2D eigenvalue weighted by atomic mass is 10.1. The first-order valence-corrected chi connectivity index (χ1v) is 6.25. The highest BCUT2D eigenvalue weighted by Crippen LogP contribution is 2.30. The second-order valence-corrected chi connectivity index (χ2v) is 4.37. The van der Waals surface area contributed by atoms with Gasteiger partial charge in [0, 0.05) is 6.07 Å². The number of hydrogen-bond donors (Lipinski definition) is 1. The highest BCUT2D eigenvalue weighted by molar-refractivity contribution is 6.05. The van der Waals surface area contributed by atoms with E-state index < -0.39 is 34.7 Å². The summed E-state index contributed by atoms with van der Waals surface area (Å²) in [5, 5.41) is 2.23. The Kier molecular flexibility index (Phi) is 4.73. The number of ether oxygens (including phenoxy) is 2. The molecule has 0 aliphatic heterocycles. The van der Waals surface area contributed by atoms with Gasteiger partial charge in [0.15, 0.2) is 23.3 Å². The molecule has 1 N–H and O–H groups in total. The molecule has 4 nitrogen and oxygen atoms in total. The number of rotatable bonds is 4. The number of carbonyl (C=O) groups excluding carboxylic acids is 1. The molecule has 122 valence electrons. The summed E-state index contributed by atoms with van der Waals surface area (Å²) in [5.74, 6) is -8.04. The number of nitrogens with one attached hydrogen (secondary N) is 1. The molecule has 8 heteroatoms. The summed E-state index contributed by atoms with van der Waals surface area (Å²) in [5.41, 5.74) is -0.859. The summed E-state index contributed by atoms with van der Waals surface area (Å²) >= 11 is 0. The summed E-state index contributed by atoms with van der Waals surface area (Å²) < 4.78 is 62.9. The molecule has 0 heterocycles. The molecule has 0 radical (unpaired) electrons. The van der Waals surface area contributed by atoms with E-state index in [2.05, 4.69) is 5.32 Å². The lowest BCUT2D eigenvalue weighted by Gasteiger charge is -2.12. The Morgan fingerprint density at radius 1 is 0.957 bits per heavy atom. The van der Waals surface area contributed by atoms with Crippen molar-refractivity contribution in [3.05, 3.63) is 53.1 Å². The zero-order valence-electron chi connectivity index (χ0n) is 12.0. The van der Waals surface area contributed by atoms with Gasteiger partial charge >= 0.3 is 0 Å². The Hall–Kier alpha value is -2.77. The quantitative estimate of drug-likeness (QED) is 0.530. The van der Waals surface area contributed by atoms with Crippen molar-refractivity contribution in [3.8, 4) is 11.5 Å². The molecule has 23 heavy (non-hydrogen) atoms. The fraction of sp³-hybridized carbons (Fsp3) is 0.133. The molecular formula is C15H11F4NO3. The normalized spacial score (nSPS) is 10.3. The van der Waals surface area contributed by atoms with Crippen molar-refractivity contribution in [1.82, 2.24) is 0 Å². The third-order valence-corrected chi connectivity index (χ3v) is 3.00. The molecule has 2 aromatic rings. The Morgan fingerprint density at radius 3 is 2.26 bits per heavy atom. The van der Waals surface area contributed by atoms with Crippen molar-refractivity contribution in [2.45, 2.75) is 0 Å². The minimum Gasteiger partial charge on any atom is -0.497 e. The van der Waals surface area contributed by atoms with Gasteiger partial charge < -0.3 is 14.8 Å². The van der Waals surface area contributed by atoms with E-state index in [4.69, 9.17) is 9.47 Å². The number of methoxy groups -OCH3 is 2. The van der Waals surface area contributed by atoms with Crippen LogP contribution in [0.4, 0.5) is 23.2 Å². The van der Waals surface area contributed by atoms with E-state index in [-0.39, 0.29) is 17.5 Å². The number of hydrogen-bond acceptors (Lipinski definition) is 3. The zero-order chi connectivity index (χ0) is 17.1. The van der Waals surface area contributed by atoms with Crippen LogP contribution in [0.15, 0.2) is 24.3 Å². The van der Waals surface area contributed by atoms with E-state index in [1.54, 1.807) is 0 Å². The summed E-state index contributed by atoms with van der Waals surface area (Å²) in [6.45, 7) is 0. The predicted octanol–water partition coefficient (Wildman–Crippen LogP) is 3.51. The molecule has 0 bridgehead atoms. The van der Waals surface area contributed by atoms with Crippen LogP contribution in [-0.2, 0) is 0 Å². The van der Waals surface area contributed by atoms with Gasteiger partial charge in [-0.25, -0.2) is 17.6 Å². The Morgan fingerprint density at radius 2 is 1.65 bits per heavy atom. The third kappa shape index (κ3) is 3.20. The van der Waals surface area contributed by atoms with Crippen LogP contribution in [-0.4, -0.2) is 20.1 Å². The van der Waals surface area contributed by atoms with Crippen LogP contribution >= 0.6 is 0 Å². The van der Waals surface area contributed by atoms with Crippen molar-refractivity contribution in [2.75, 3.05) is 19.5 Å². The maximum atomic E-state index is 13.6. The average Bonchev–Trinajstić information content (AvgIpc) is 2.56. The fourth-order valence-electron chi connectivity index (χ4n) is 1.83. The first-order chi connectivity index (χ1) is 10.9. The monoisotopic (exact) mass is 329 g/mol. The van der Waals surface area contributed by atoms with Crippen LogP contribution in [0.5, 0.6) is 11.5 Å². The van der Waals surface area contributed by atoms with Gasteiger partial charge in [0.25, 0.3) is 5.91 Å². The standard InChI is InChI=1S/C15H11F4NO3/c1-22-7-3-4-10(11(5-7)23-2)20-15(21)8-6-9(16)13(18)14(19)12(8)17/h3-6H,1-2H3,(H,20,21). The second-order valence-electron chi connectivity index (χ2n) is 4.37. The molecule has 0 aliphatic rings. The Labute approximate surface area is 128 Å². The Balaban J connectivity index is 2.37. The summed E-state index contributed by atoms with van der Waals surface area (Å²) in [6, 6.07) is 4.60.